The van der Waals surface area contributed by atoms with Gasteiger partial charge in [-0.3, -0.25) is 0 Å². The Kier molecular flexibility index (Phi) is 3.54. The van der Waals surface area contributed by atoms with E-state index in [4.69, 9.17) is 0 Å². The van der Waals surface area contributed by atoms with Gasteiger partial charge in [0.15, 0.2) is 0 Å². The maximum Gasteiger partial charge on any atom is 0.133 e. The van der Waals surface area contributed by atoms with Gasteiger partial charge in [-0.15, -0.1) is 11.3 Å². The van der Waals surface area contributed by atoms with Crippen LogP contribution < -0.4 is 5.32 Å². The van der Waals surface area contributed by atoms with E-state index in [0.29, 0.717) is 5.56 Å². The van der Waals surface area contributed by atoms with Gasteiger partial charge in [-0.1, -0.05) is 6.07 Å². The summed E-state index contributed by atoms with van der Waals surface area (Å²) < 4.78 is 13.8. The summed E-state index contributed by atoms with van der Waals surface area (Å²) >= 11 is 1.54. The molecule has 0 atom stereocenters. The smallest absolute Gasteiger partial charge is 0.133 e. The van der Waals surface area contributed by atoms with Crippen molar-refractivity contribution in [3.05, 3.63) is 40.2 Å². The normalized spacial score (nSPS) is 10.8. The van der Waals surface area contributed by atoms with E-state index in [-0.39, 0.29) is 5.82 Å². The molecule has 4 heteroatoms. The molecule has 0 aliphatic carbocycles. The van der Waals surface area contributed by atoms with Crippen LogP contribution in [0.5, 0.6) is 0 Å². The summed E-state index contributed by atoms with van der Waals surface area (Å²) in [5, 5.41) is 3.84. The molecule has 0 saturated heterocycles. The summed E-state index contributed by atoms with van der Waals surface area (Å²) in [4.78, 5) is 5.58. The van der Waals surface area contributed by atoms with Gasteiger partial charge >= 0.3 is 0 Å². The molecule has 1 aromatic heterocycles. The highest BCUT2D eigenvalue weighted by Gasteiger charge is 2.12. The van der Waals surface area contributed by atoms with Crippen LogP contribution in [0.15, 0.2) is 18.2 Å². The lowest BCUT2D eigenvalue weighted by Crippen LogP contribution is -2.04. The summed E-state index contributed by atoms with van der Waals surface area (Å²) in [6, 6.07) is 5.25. The van der Waals surface area contributed by atoms with Crippen molar-refractivity contribution in [1.29, 1.82) is 0 Å². The zero-order valence-electron chi connectivity index (χ0n) is 10.2. The number of nitrogens with one attached hydrogen (secondary N) is 1. The molecule has 0 spiro atoms. The summed E-state index contributed by atoms with van der Waals surface area (Å²) in [6.45, 7) is 4.61. The monoisotopic (exact) mass is 250 g/mol. The van der Waals surface area contributed by atoms with Crippen molar-refractivity contribution in [2.24, 2.45) is 0 Å². The maximum atomic E-state index is 13.8. The summed E-state index contributed by atoms with van der Waals surface area (Å²) in [7, 11) is 1.89. The Hall–Kier alpha value is -1.26. The van der Waals surface area contributed by atoms with E-state index < -0.39 is 0 Å². The second kappa shape index (κ2) is 4.94. The molecule has 2 nitrogen and oxygen atoms in total. The molecular weight excluding hydrogens is 235 g/mol. The molecule has 0 fully saturated rings. The highest BCUT2D eigenvalue weighted by molar-refractivity contribution is 7.15. The number of nitrogens with zero attached hydrogens (tertiary/aromatic N) is 1. The molecular formula is C13H15FN2S. The average Bonchev–Trinajstić information content (AvgIpc) is 2.60. The number of hydrogen-bond donors (Lipinski definition) is 1. The first-order valence-electron chi connectivity index (χ1n) is 5.49. The molecule has 2 rings (SSSR count). The van der Waals surface area contributed by atoms with E-state index in [1.807, 2.05) is 27.0 Å². The molecule has 90 valence electrons. The number of benzene rings is 1. The van der Waals surface area contributed by atoms with Gasteiger partial charge in [0.05, 0.1) is 5.69 Å². The first kappa shape index (κ1) is 12.2. The SMILES string of the molecule is CNCc1sc(-c2ccc(C)cc2F)nc1C. The van der Waals surface area contributed by atoms with E-state index in [2.05, 4.69) is 10.3 Å². The third-order valence-corrected chi connectivity index (χ3v) is 3.78. The lowest BCUT2D eigenvalue weighted by atomic mass is 10.1. The second-order valence-electron chi connectivity index (χ2n) is 4.04. The number of hydrogen-bond acceptors (Lipinski definition) is 3. The van der Waals surface area contributed by atoms with Crippen LogP contribution in [0.3, 0.4) is 0 Å². The van der Waals surface area contributed by atoms with E-state index in [1.54, 1.807) is 23.5 Å². The molecule has 0 radical (unpaired) electrons. The number of aromatic nitrogens is 1. The van der Waals surface area contributed by atoms with Gasteiger partial charge in [0.2, 0.25) is 0 Å². The van der Waals surface area contributed by atoms with Crippen LogP contribution in [0, 0.1) is 19.7 Å². The van der Waals surface area contributed by atoms with Gasteiger partial charge in [-0.2, -0.15) is 0 Å². The largest absolute Gasteiger partial charge is 0.315 e. The molecule has 17 heavy (non-hydrogen) atoms. The Bertz CT molecular complexity index is 534. The Labute approximate surface area is 105 Å². The molecule has 0 amide bonds. The van der Waals surface area contributed by atoms with Crippen molar-refractivity contribution in [2.45, 2.75) is 20.4 Å². The summed E-state index contributed by atoms with van der Waals surface area (Å²) in [5.41, 5.74) is 2.49. The van der Waals surface area contributed by atoms with Gasteiger partial charge in [-0.25, -0.2) is 9.37 Å². The fraction of sp³-hybridized carbons (Fsp3) is 0.308. The summed E-state index contributed by atoms with van der Waals surface area (Å²) in [5.74, 6) is -0.199. The van der Waals surface area contributed by atoms with Gasteiger partial charge in [0.1, 0.15) is 10.8 Å². The van der Waals surface area contributed by atoms with Crippen molar-refractivity contribution >= 4 is 11.3 Å². The lowest BCUT2D eigenvalue weighted by Gasteiger charge is -1.99. The van der Waals surface area contributed by atoms with Crippen molar-refractivity contribution in [1.82, 2.24) is 10.3 Å². The van der Waals surface area contributed by atoms with Gasteiger partial charge < -0.3 is 5.32 Å². The average molecular weight is 250 g/mol. The third kappa shape index (κ3) is 2.53. The number of thiazole rings is 1. The molecule has 0 unspecified atom stereocenters. The highest BCUT2D eigenvalue weighted by atomic mass is 32.1. The molecule has 0 aliphatic rings. The van der Waals surface area contributed by atoms with E-state index in [1.165, 1.54) is 0 Å². The van der Waals surface area contributed by atoms with Crippen molar-refractivity contribution in [2.75, 3.05) is 7.05 Å². The summed E-state index contributed by atoms with van der Waals surface area (Å²) in [6.07, 6.45) is 0. The van der Waals surface area contributed by atoms with Crippen LogP contribution in [0.25, 0.3) is 10.6 Å². The predicted molar refractivity (Wildman–Crippen MR) is 69.7 cm³/mol. The zero-order chi connectivity index (χ0) is 12.4. The van der Waals surface area contributed by atoms with Crippen molar-refractivity contribution in [3.63, 3.8) is 0 Å². The van der Waals surface area contributed by atoms with E-state index >= 15 is 0 Å². The Morgan fingerprint density at radius 3 is 2.76 bits per heavy atom. The minimum Gasteiger partial charge on any atom is -0.315 e. The molecule has 0 saturated carbocycles. The van der Waals surface area contributed by atoms with E-state index in [0.717, 1.165) is 27.7 Å². The standard InChI is InChI=1S/C13H15FN2S/c1-8-4-5-10(11(14)6-8)13-16-9(2)12(17-13)7-15-3/h4-6,15H,7H2,1-3H3. The Morgan fingerprint density at radius 2 is 2.12 bits per heavy atom. The first-order chi connectivity index (χ1) is 8.11. The molecule has 2 aromatic rings. The Balaban J connectivity index is 2.42. The second-order valence-corrected chi connectivity index (χ2v) is 5.12. The van der Waals surface area contributed by atoms with Crippen LogP contribution in [-0.2, 0) is 6.54 Å². The fourth-order valence-electron chi connectivity index (χ4n) is 1.66. The molecule has 0 bridgehead atoms. The molecule has 1 heterocycles. The highest BCUT2D eigenvalue weighted by Crippen LogP contribution is 2.30. The minimum absolute atomic E-state index is 0.199. The van der Waals surface area contributed by atoms with Crippen LogP contribution in [0.1, 0.15) is 16.1 Å². The number of halogens is 1. The molecule has 0 aliphatic heterocycles. The fourth-order valence-corrected chi connectivity index (χ4v) is 2.76. The molecule has 1 aromatic carbocycles. The Morgan fingerprint density at radius 1 is 1.35 bits per heavy atom. The maximum absolute atomic E-state index is 13.8. The number of rotatable bonds is 3. The zero-order valence-corrected chi connectivity index (χ0v) is 11.0. The predicted octanol–water partition coefficient (Wildman–Crippen LogP) is 3.29. The minimum atomic E-state index is -0.199. The quantitative estimate of drug-likeness (QED) is 0.904. The van der Waals surface area contributed by atoms with Gasteiger partial charge in [-0.05, 0) is 38.6 Å². The lowest BCUT2D eigenvalue weighted by molar-refractivity contribution is 0.630. The topological polar surface area (TPSA) is 24.9 Å². The number of aryl methyl sites for hydroxylation is 2. The van der Waals surface area contributed by atoms with Gasteiger partial charge in [0.25, 0.3) is 0 Å². The van der Waals surface area contributed by atoms with Crippen molar-refractivity contribution in [3.8, 4) is 10.6 Å². The van der Waals surface area contributed by atoms with Crippen molar-refractivity contribution < 1.29 is 4.39 Å². The van der Waals surface area contributed by atoms with Crippen LogP contribution in [-0.4, -0.2) is 12.0 Å². The third-order valence-electron chi connectivity index (χ3n) is 2.58. The van der Waals surface area contributed by atoms with Crippen LogP contribution in [0.4, 0.5) is 4.39 Å². The van der Waals surface area contributed by atoms with Crippen LogP contribution >= 0.6 is 11.3 Å². The van der Waals surface area contributed by atoms with E-state index in [9.17, 15) is 4.39 Å². The van der Waals surface area contributed by atoms with Crippen LogP contribution in [0.2, 0.25) is 0 Å². The first-order valence-corrected chi connectivity index (χ1v) is 6.31. The molecule has 1 N–H and O–H groups in total. The van der Waals surface area contributed by atoms with Gasteiger partial charge in [0, 0.05) is 17.0 Å².